The lowest BCUT2D eigenvalue weighted by molar-refractivity contribution is -0.384. The molecule has 2 N–H and O–H groups in total. The van der Waals surface area contributed by atoms with Crippen LogP contribution in [0.15, 0.2) is 0 Å². The molecule has 0 spiro atoms. The van der Waals surface area contributed by atoms with Gasteiger partial charge in [-0.15, -0.1) is 0 Å². The number of nitrogens with one attached hydrogen (secondary N) is 2. The number of aryl methyl sites for hydroxylation is 2. The molecule has 0 saturated heterocycles. The minimum absolute atomic E-state index is 0.0130. The topological polar surface area (TPSA) is 102 Å². The molecule has 118 valence electrons. The molecular formula is C13H23N5O3. The molecule has 1 aromatic rings. The SMILES string of the molecule is CCCn1nc(C)c([N+](=O)[O-])c1NC(C)C(=O)NC(C)C. The average Bonchev–Trinajstić information content (AvgIpc) is 2.65. The number of carbonyl (C=O) groups excluding carboxylic acids is 1. The smallest absolute Gasteiger partial charge is 0.333 e. The molecule has 8 heteroatoms. The van der Waals surface area contributed by atoms with Gasteiger partial charge in [-0.25, -0.2) is 4.68 Å². The number of nitro groups is 1. The van der Waals surface area contributed by atoms with Gasteiger partial charge < -0.3 is 10.6 Å². The molecule has 0 radical (unpaired) electrons. The Labute approximate surface area is 124 Å². The minimum Gasteiger partial charge on any atom is -0.353 e. The maximum absolute atomic E-state index is 11.9. The van der Waals surface area contributed by atoms with E-state index in [2.05, 4.69) is 15.7 Å². The Morgan fingerprint density at radius 3 is 2.52 bits per heavy atom. The summed E-state index contributed by atoms with van der Waals surface area (Å²) in [5.74, 6) is 0.0759. The van der Waals surface area contributed by atoms with Gasteiger partial charge in [-0.2, -0.15) is 5.10 Å². The molecule has 1 rings (SSSR count). The van der Waals surface area contributed by atoms with Crippen LogP contribution in [0.1, 0.15) is 39.8 Å². The predicted octanol–water partition coefficient (Wildman–Crippen LogP) is 1.83. The van der Waals surface area contributed by atoms with Crippen LogP contribution in [0.25, 0.3) is 0 Å². The molecule has 1 aromatic heterocycles. The Hall–Kier alpha value is -2.12. The second-order valence-electron chi connectivity index (χ2n) is 5.29. The van der Waals surface area contributed by atoms with Gasteiger partial charge in [-0.1, -0.05) is 6.92 Å². The summed E-state index contributed by atoms with van der Waals surface area (Å²) in [5.41, 5.74) is 0.264. The summed E-state index contributed by atoms with van der Waals surface area (Å²) >= 11 is 0. The number of hydrogen-bond donors (Lipinski definition) is 2. The Morgan fingerprint density at radius 2 is 2.05 bits per heavy atom. The number of amides is 1. The van der Waals surface area contributed by atoms with Crippen LogP contribution in [0.3, 0.4) is 0 Å². The van der Waals surface area contributed by atoms with E-state index in [9.17, 15) is 14.9 Å². The van der Waals surface area contributed by atoms with Crippen LogP contribution in [-0.4, -0.2) is 32.7 Å². The summed E-state index contributed by atoms with van der Waals surface area (Å²) in [5, 5.41) is 21.1. The summed E-state index contributed by atoms with van der Waals surface area (Å²) in [7, 11) is 0. The van der Waals surface area contributed by atoms with E-state index >= 15 is 0 Å². The largest absolute Gasteiger partial charge is 0.353 e. The van der Waals surface area contributed by atoms with Crippen LogP contribution in [0.4, 0.5) is 11.5 Å². The normalized spacial score (nSPS) is 12.3. The van der Waals surface area contributed by atoms with Crippen molar-refractivity contribution in [1.82, 2.24) is 15.1 Å². The summed E-state index contributed by atoms with van der Waals surface area (Å²) in [4.78, 5) is 22.7. The molecule has 0 fully saturated rings. The van der Waals surface area contributed by atoms with Gasteiger partial charge in [0, 0.05) is 12.6 Å². The summed E-state index contributed by atoms with van der Waals surface area (Å²) in [6, 6.07) is -0.572. The van der Waals surface area contributed by atoms with Gasteiger partial charge in [0.1, 0.15) is 11.7 Å². The summed E-state index contributed by atoms with van der Waals surface area (Å²) in [6.45, 7) is 9.49. The molecule has 0 aliphatic carbocycles. The minimum atomic E-state index is -0.585. The number of anilines is 1. The number of carbonyl (C=O) groups is 1. The maximum Gasteiger partial charge on any atom is 0.333 e. The lowest BCUT2D eigenvalue weighted by atomic mass is 10.2. The zero-order valence-electron chi connectivity index (χ0n) is 13.1. The van der Waals surface area contributed by atoms with Crippen molar-refractivity contribution in [2.45, 2.75) is 59.7 Å². The molecular weight excluding hydrogens is 274 g/mol. The van der Waals surface area contributed by atoms with Crippen molar-refractivity contribution < 1.29 is 9.72 Å². The van der Waals surface area contributed by atoms with Crippen LogP contribution in [0.5, 0.6) is 0 Å². The first kappa shape index (κ1) is 16.9. The molecule has 1 amide bonds. The van der Waals surface area contributed by atoms with E-state index in [0.29, 0.717) is 12.2 Å². The first-order valence-electron chi connectivity index (χ1n) is 7.06. The maximum atomic E-state index is 11.9. The fraction of sp³-hybridized carbons (Fsp3) is 0.692. The molecule has 0 bridgehead atoms. The molecule has 0 saturated carbocycles. The molecule has 8 nitrogen and oxygen atoms in total. The van der Waals surface area contributed by atoms with E-state index < -0.39 is 11.0 Å². The van der Waals surface area contributed by atoms with Crippen molar-refractivity contribution >= 4 is 17.4 Å². The van der Waals surface area contributed by atoms with Gasteiger partial charge in [-0.3, -0.25) is 14.9 Å². The van der Waals surface area contributed by atoms with Gasteiger partial charge in [0.05, 0.1) is 4.92 Å². The van der Waals surface area contributed by atoms with Crippen LogP contribution in [0.2, 0.25) is 0 Å². The van der Waals surface area contributed by atoms with Gasteiger partial charge >= 0.3 is 5.69 Å². The number of rotatable bonds is 7. The molecule has 0 aromatic carbocycles. The Bertz CT molecular complexity index is 524. The van der Waals surface area contributed by atoms with Crippen molar-refractivity contribution in [3.8, 4) is 0 Å². The second-order valence-corrected chi connectivity index (χ2v) is 5.29. The van der Waals surface area contributed by atoms with Crippen LogP contribution < -0.4 is 10.6 Å². The zero-order chi connectivity index (χ0) is 16.2. The lowest BCUT2D eigenvalue weighted by Crippen LogP contribution is -2.41. The fourth-order valence-corrected chi connectivity index (χ4v) is 1.99. The Morgan fingerprint density at radius 1 is 1.43 bits per heavy atom. The molecule has 0 aliphatic rings. The van der Waals surface area contributed by atoms with E-state index in [1.165, 1.54) is 0 Å². The Balaban J connectivity index is 3.04. The van der Waals surface area contributed by atoms with Gasteiger partial charge in [0.25, 0.3) is 0 Å². The zero-order valence-corrected chi connectivity index (χ0v) is 13.1. The molecule has 0 aliphatic heterocycles. The standard InChI is InChI=1S/C13H23N5O3/c1-6-7-17-12(11(18(20)21)9(4)16-17)15-10(5)13(19)14-8(2)3/h8,10,15H,6-7H2,1-5H3,(H,14,19). The molecule has 1 heterocycles. The highest BCUT2D eigenvalue weighted by Crippen LogP contribution is 2.28. The van der Waals surface area contributed by atoms with Crippen molar-refractivity contribution in [3.63, 3.8) is 0 Å². The molecule has 1 unspecified atom stereocenters. The van der Waals surface area contributed by atoms with Crippen LogP contribution in [-0.2, 0) is 11.3 Å². The number of nitrogens with zero attached hydrogens (tertiary/aromatic N) is 3. The molecule has 21 heavy (non-hydrogen) atoms. The number of aromatic nitrogens is 2. The van der Waals surface area contributed by atoms with E-state index in [4.69, 9.17) is 0 Å². The van der Waals surface area contributed by atoms with Crippen LogP contribution >= 0.6 is 0 Å². The first-order chi connectivity index (χ1) is 9.77. The van der Waals surface area contributed by atoms with Crippen molar-refractivity contribution in [2.24, 2.45) is 0 Å². The van der Waals surface area contributed by atoms with E-state index in [1.807, 2.05) is 20.8 Å². The quantitative estimate of drug-likeness (QED) is 0.590. The third kappa shape index (κ3) is 4.17. The second kappa shape index (κ2) is 7.05. The van der Waals surface area contributed by atoms with Crippen molar-refractivity contribution in [1.29, 1.82) is 0 Å². The fourth-order valence-electron chi connectivity index (χ4n) is 1.99. The summed E-state index contributed by atoms with van der Waals surface area (Å²) < 4.78 is 1.55. The van der Waals surface area contributed by atoms with Crippen LogP contribution in [0, 0.1) is 17.0 Å². The predicted molar refractivity (Wildman–Crippen MR) is 80.3 cm³/mol. The van der Waals surface area contributed by atoms with Gasteiger partial charge in [-0.05, 0) is 34.1 Å². The lowest BCUT2D eigenvalue weighted by Gasteiger charge is -2.17. The van der Waals surface area contributed by atoms with Gasteiger partial charge in [0.2, 0.25) is 11.7 Å². The summed E-state index contributed by atoms with van der Waals surface area (Å²) in [6.07, 6.45) is 0.791. The van der Waals surface area contributed by atoms with E-state index in [1.54, 1.807) is 18.5 Å². The van der Waals surface area contributed by atoms with E-state index in [0.717, 1.165) is 6.42 Å². The average molecular weight is 297 g/mol. The third-order valence-electron chi connectivity index (χ3n) is 2.89. The van der Waals surface area contributed by atoms with Crippen molar-refractivity contribution in [2.75, 3.05) is 5.32 Å². The highest BCUT2D eigenvalue weighted by atomic mass is 16.6. The molecule has 1 atom stereocenters. The first-order valence-corrected chi connectivity index (χ1v) is 7.06. The highest BCUT2D eigenvalue weighted by molar-refractivity contribution is 5.84. The van der Waals surface area contributed by atoms with E-state index in [-0.39, 0.29) is 23.5 Å². The highest BCUT2D eigenvalue weighted by Gasteiger charge is 2.27. The Kier molecular flexibility index (Phi) is 5.69. The van der Waals surface area contributed by atoms with Gasteiger partial charge in [0.15, 0.2) is 0 Å². The monoisotopic (exact) mass is 297 g/mol. The van der Waals surface area contributed by atoms with Crippen molar-refractivity contribution in [3.05, 3.63) is 15.8 Å². The number of hydrogen-bond acceptors (Lipinski definition) is 5. The third-order valence-corrected chi connectivity index (χ3v) is 2.89.